The van der Waals surface area contributed by atoms with Crippen LogP contribution in [-0.4, -0.2) is 250 Å². The van der Waals surface area contributed by atoms with Gasteiger partial charge in [-0.1, -0.05) is 86.5 Å². The maximum Gasteiger partial charge on any atom is 0.393 e. The molecule has 5 fully saturated rings. The van der Waals surface area contributed by atoms with Crippen LogP contribution in [0.3, 0.4) is 0 Å². The molecule has 5 rings (SSSR count). The summed E-state index contributed by atoms with van der Waals surface area (Å²) >= 11 is 6.37. The Morgan fingerprint density at radius 1 is 0.587 bits per heavy atom. The molecular weight excluding hydrogens is 1220 g/mol. The summed E-state index contributed by atoms with van der Waals surface area (Å²) in [7, 11) is 10.3. The predicted octanol–water partition coefficient (Wildman–Crippen LogP) is 5.91. The molecule has 2 N–H and O–H groups in total. The van der Waals surface area contributed by atoms with E-state index in [-0.39, 0.29) is 82.7 Å². The number of carbonyl (C=O) groups excluding carboxylic acids is 11. The Bertz CT molecular complexity index is 2660. The Morgan fingerprint density at radius 3 is 1.74 bits per heavy atom. The van der Waals surface area contributed by atoms with E-state index in [1.165, 1.54) is 107 Å². The molecule has 0 aromatic heterocycles. The molecule has 3 saturated heterocycles. The molecule has 92 heavy (non-hydrogen) atoms. The van der Waals surface area contributed by atoms with Crippen molar-refractivity contribution in [2.45, 2.75) is 250 Å². The molecule has 0 radical (unpaired) electrons. The summed E-state index contributed by atoms with van der Waals surface area (Å²) in [6, 6.07) is -9.72. The number of nitrogens with one attached hydrogen (secondary N) is 2. The fourth-order valence-electron chi connectivity index (χ4n) is 14.2. The van der Waals surface area contributed by atoms with Crippen molar-refractivity contribution in [2.24, 2.45) is 35.5 Å². The van der Waals surface area contributed by atoms with Gasteiger partial charge in [-0.25, -0.2) is 0 Å². The average Bonchev–Trinajstić information content (AvgIpc) is 1.07. The number of alkyl halides is 4. The highest BCUT2D eigenvalue weighted by Gasteiger charge is 2.51. The lowest BCUT2D eigenvalue weighted by atomic mass is 9.78. The van der Waals surface area contributed by atoms with Gasteiger partial charge in [0.25, 0.3) is 0 Å². The first-order chi connectivity index (χ1) is 42.8. The fourth-order valence-corrected chi connectivity index (χ4v) is 14.7. The third-order valence-corrected chi connectivity index (χ3v) is 21.9. The van der Waals surface area contributed by atoms with Crippen molar-refractivity contribution in [3.63, 3.8) is 0 Å². The van der Waals surface area contributed by atoms with Crippen LogP contribution < -0.4 is 10.6 Å². The number of likely N-dealkylation sites (N-methyl/N-ethyl adjacent to an activating group) is 7. The molecule has 2 aliphatic carbocycles. The summed E-state index contributed by atoms with van der Waals surface area (Å²) in [4.78, 5) is 174. The molecule has 14 atom stereocenters. The van der Waals surface area contributed by atoms with Gasteiger partial charge in [-0.05, 0) is 115 Å². The summed E-state index contributed by atoms with van der Waals surface area (Å²) in [5, 5.41) is 4.56. The second-order valence-corrected chi connectivity index (χ2v) is 28.9. The van der Waals surface area contributed by atoms with Gasteiger partial charge in [-0.15, -0.1) is 11.6 Å². The maximum absolute atomic E-state index is 15.1. The van der Waals surface area contributed by atoms with E-state index in [1.807, 2.05) is 20.8 Å². The Hall–Kier alpha value is -5.75. The minimum Gasteiger partial charge on any atom is -0.343 e. The minimum absolute atomic E-state index is 0.0105. The molecule has 522 valence electrons. The van der Waals surface area contributed by atoms with Crippen LogP contribution in [0, 0.1) is 35.5 Å². The lowest BCUT2D eigenvalue weighted by Crippen LogP contribution is -2.65. The van der Waals surface area contributed by atoms with Crippen molar-refractivity contribution in [3.8, 4) is 0 Å². The van der Waals surface area contributed by atoms with Gasteiger partial charge >= 0.3 is 6.18 Å². The molecular formula is C66H109ClF3N11O11. The van der Waals surface area contributed by atoms with Crippen LogP contribution >= 0.6 is 11.6 Å². The van der Waals surface area contributed by atoms with Crippen LogP contribution in [0.15, 0.2) is 0 Å². The first-order valence-corrected chi connectivity index (χ1v) is 34.1. The molecule has 0 aromatic rings. The quantitative estimate of drug-likeness (QED) is 0.244. The Balaban J connectivity index is 1.56. The predicted molar refractivity (Wildman–Crippen MR) is 343 cm³/mol. The van der Waals surface area contributed by atoms with Crippen LogP contribution in [0.25, 0.3) is 0 Å². The first kappa shape index (κ1) is 77.0. The van der Waals surface area contributed by atoms with Crippen molar-refractivity contribution in [2.75, 3.05) is 69.0 Å². The molecule has 3 unspecified atom stereocenters. The van der Waals surface area contributed by atoms with E-state index in [1.54, 1.807) is 34.6 Å². The molecule has 11 amide bonds. The summed E-state index contributed by atoms with van der Waals surface area (Å²) in [5.74, 6) is -9.72. The van der Waals surface area contributed by atoms with Crippen molar-refractivity contribution in [1.29, 1.82) is 0 Å². The highest BCUT2D eigenvalue weighted by atomic mass is 35.5. The van der Waals surface area contributed by atoms with Gasteiger partial charge in [-0.3, -0.25) is 52.7 Å². The maximum atomic E-state index is 15.1. The van der Waals surface area contributed by atoms with Gasteiger partial charge in [0, 0.05) is 80.3 Å². The Kier molecular flexibility index (Phi) is 27.3. The molecule has 3 aliphatic heterocycles. The SMILES string of the molecule is CC[C@H](C)[C@@H]1NC(=O)[C@H]([C@@H](C)CC)N(C)C(=O)C[C@@H](C)N(C)C(=O)[C@H](C(C)C)N(C)C(=O)C(C)(C)N(C)C(=O)[C@@H]2CCCN2C(=O)[C@H](CCC2CCC(C(F)(F)F)C(Cl)C2)NC(=O)CN(C)C(=O)[C@H](CC2CCCCC2)N(C)C(=O)[C@@H]2CCN2C(=O)[C@H](C)N(C)C1=O. The standard InChI is InChI=1S/C66H109ClF3N11O11/c1-18-39(5)53-62(90)75(13)42(8)57(85)81-33-31-49(81)60(88)76(14)50(36-43-24-21-20-22-25-43)59(87)73(11)37-51(82)71-47(30-28-44-27-29-45(46(67)35-44)66(68,69)70)58(86)80-32-23-26-48(80)61(89)79(17)65(9,10)64(92)78(16)54(38(3)4)63(91)74(12)41(7)34-52(83)77(15)55(40(6)19-2)56(84)72-53/h38-50,53-55H,18-37H2,1-17H3,(H,71,82)(H,72,84)/t39-,40-,41+,42-,44?,45?,46?,47-,48-,49-,50-,53-,54-,55-/m0/s1. The number of hydrogen-bond acceptors (Lipinski definition) is 11. The Morgan fingerprint density at radius 2 is 1.18 bits per heavy atom. The van der Waals surface area contributed by atoms with E-state index in [0.717, 1.165) is 32.1 Å². The van der Waals surface area contributed by atoms with Gasteiger partial charge in [0.2, 0.25) is 65.0 Å². The van der Waals surface area contributed by atoms with Gasteiger partial charge in [-0.2, -0.15) is 13.2 Å². The first-order valence-electron chi connectivity index (χ1n) is 33.6. The minimum atomic E-state index is -4.50. The van der Waals surface area contributed by atoms with Crippen LogP contribution in [0.2, 0.25) is 0 Å². The lowest BCUT2D eigenvalue weighted by Gasteiger charge is -2.45. The van der Waals surface area contributed by atoms with Crippen LogP contribution in [-0.2, 0) is 52.7 Å². The zero-order valence-electron chi connectivity index (χ0n) is 57.9. The summed E-state index contributed by atoms with van der Waals surface area (Å²) in [6.07, 6.45) is 1.81. The largest absolute Gasteiger partial charge is 0.393 e. The van der Waals surface area contributed by atoms with Gasteiger partial charge in [0.1, 0.15) is 53.9 Å². The van der Waals surface area contributed by atoms with E-state index in [4.69, 9.17) is 11.6 Å². The van der Waals surface area contributed by atoms with Crippen molar-refractivity contribution < 1.29 is 65.9 Å². The molecule has 22 nitrogen and oxygen atoms in total. The molecule has 0 aromatic carbocycles. The number of halogens is 4. The lowest BCUT2D eigenvalue weighted by molar-refractivity contribution is -0.182. The molecule has 5 aliphatic rings. The van der Waals surface area contributed by atoms with Gasteiger partial charge < -0.3 is 54.7 Å². The van der Waals surface area contributed by atoms with Crippen LogP contribution in [0.1, 0.15) is 178 Å². The molecule has 0 bridgehead atoms. The number of rotatable bonds is 10. The molecule has 3 heterocycles. The second-order valence-electron chi connectivity index (χ2n) is 28.4. The molecule has 2 saturated carbocycles. The summed E-state index contributed by atoms with van der Waals surface area (Å²) in [6.45, 7) is 16.8. The van der Waals surface area contributed by atoms with E-state index in [0.29, 0.717) is 19.3 Å². The van der Waals surface area contributed by atoms with E-state index < -0.39 is 167 Å². The average molecular weight is 1330 g/mol. The fraction of sp³-hybridized carbons (Fsp3) is 0.833. The highest BCUT2D eigenvalue weighted by molar-refractivity contribution is 6.20. The third kappa shape index (κ3) is 17.8. The van der Waals surface area contributed by atoms with E-state index in [2.05, 4.69) is 10.6 Å². The van der Waals surface area contributed by atoms with Gasteiger partial charge in [0.05, 0.1) is 12.5 Å². The van der Waals surface area contributed by atoms with E-state index in [9.17, 15) is 61.1 Å². The zero-order valence-corrected chi connectivity index (χ0v) is 58.7. The molecule has 26 heteroatoms. The number of carbonyl (C=O) groups is 11. The molecule has 0 spiro atoms. The zero-order chi connectivity index (χ0) is 69.3. The van der Waals surface area contributed by atoms with Crippen molar-refractivity contribution in [1.82, 2.24) is 54.7 Å². The smallest absolute Gasteiger partial charge is 0.343 e. The normalized spacial score (nSPS) is 31.4. The number of nitrogens with zero attached hydrogens (tertiary/aromatic N) is 9. The van der Waals surface area contributed by atoms with Crippen LogP contribution in [0.5, 0.6) is 0 Å². The van der Waals surface area contributed by atoms with Crippen molar-refractivity contribution >= 4 is 76.6 Å². The number of hydrogen-bond donors (Lipinski definition) is 2. The summed E-state index contributed by atoms with van der Waals surface area (Å²) in [5.41, 5.74) is -1.63. The second kappa shape index (κ2) is 32.6. The van der Waals surface area contributed by atoms with E-state index >= 15 is 4.79 Å². The third-order valence-electron chi connectivity index (χ3n) is 21.5. The highest BCUT2D eigenvalue weighted by Crippen LogP contribution is 2.44. The Labute approximate surface area is 549 Å². The van der Waals surface area contributed by atoms with Crippen LogP contribution in [0.4, 0.5) is 13.2 Å². The van der Waals surface area contributed by atoms with Crippen molar-refractivity contribution in [3.05, 3.63) is 0 Å². The number of amides is 11. The number of fused-ring (bicyclic) bond motifs is 2. The van der Waals surface area contributed by atoms with Gasteiger partial charge in [0.15, 0.2) is 0 Å². The topological polar surface area (TPSA) is 241 Å². The monoisotopic (exact) mass is 1320 g/mol. The summed E-state index contributed by atoms with van der Waals surface area (Å²) < 4.78 is 41.8.